The van der Waals surface area contributed by atoms with Gasteiger partial charge in [-0.3, -0.25) is 14.4 Å². The Balaban J connectivity index is 4.29. The fourth-order valence-electron chi connectivity index (χ4n) is 0.956. The summed E-state index contributed by atoms with van der Waals surface area (Å²) in [6, 6.07) is 0. The normalized spacial score (nSPS) is 9.50. The molecule has 0 fully saturated rings. The molecule has 3 N–H and O–H groups in total. The number of nitrogens with two attached hydrogens (primary N) is 1. The van der Waals surface area contributed by atoms with Gasteiger partial charge in [0.15, 0.2) is 0 Å². The summed E-state index contributed by atoms with van der Waals surface area (Å²) < 4.78 is 0. The van der Waals surface area contributed by atoms with Crippen LogP contribution in [0, 0.1) is 0 Å². The van der Waals surface area contributed by atoms with Crippen molar-refractivity contribution >= 4 is 17.8 Å². The van der Waals surface area contributed by atoms with Crippen LogP contribution in [0.1, 0.15) is 19.8 Å². The lowest BCUT2D eigenvalue weighted by Gasteiger charge is -2.18. The van der Waals surface area contributed by atoms with Crippen molar-refractivity contribution in [2.24, 2.45) is 5.73 Å². The predicted molar refractivity (Wildman–Crippen MR) is 48.3 cm³/mol. The molecule has 0 spiro atoms. The maximum absolute atomic E-state index is 11.3. The summed E-state index contributed by atoms with van der Waals surface area (Å²) in [6.45, 7) is 0.966. The highest BCUT2D eigenvalue weighted by Gasteiger charge is 2.17. The average molecular weight is 202 g/mol. The van der Waals surface area contributed by atoms with Gasteiger partial charge >= 0.3 is 5.97 Å². The molecule has 6 heteroatoms. The number of amides is 2. The second kappa shape index (κ2) is 5.95. The molecule has 2 amide bonds. The molecule has 0 saturated carbocycles. The molecule has 0 bridgehead atoms. The standard InChI is InChI=1S/C8H14N2O4/c1-2-3-7(12)10(4-6(9)11)5-8(13)14/h2-5H2,1H3,(H2,9,11)(H,13,14). The second-order valence-electron chi connectivity index (χ2n) is 2.86. The lowest BCUT2D eigenvalue weighted by Crippen LogP contribution is -2.41. The van der Waals surface area contributed by atoms with Crippen LogP contribution in [-0.2, 0) is 14.4 Å². The Morgan fingerprint density at radius 1 is 1.29 bits per heavy atom. The van der Waals surface area contributed by atoms with Crippen LogP contribution in [0.15, 0.2) is 0 Å². The zero-order valence-electron chi connectivity index (χ0n) is 8.02. The van der Waals surface area contributed by atoms with Crippen molar-refractivity contribution in [3.8, 4) is 0 Å². The summed E-state index contributed by atoms with van der Waals surface area (Å²) in [6.07, 6.45) is 0.828. The number of carboxylic acid groups (broad SMARTS) is 1. The molecule has 0 aliphatic rings. The fraction of sp³-hybridized carbons (Fsp3) is 0.625. The van der Waals surface area contributed by atoms with E-state index in [0.29, 0.717) is 6.42 Å². The van der Waals surface area contributed by atoms with Crippen LogP contribution in [0.2, 0.25) is 0 Å². The topological polar surface area (TPSA) is 101 Å². The number of aliphatic carboxylic acids is 1. The first-order valence-electron chi connectivity index (χ1n) is 4.25. The third-order valence-corrected chi connectivity index (χ3v) is 1.49. The minimum atomic E-state index is -1.16. The molecule has 0 aliphatic carbocycles. The minimum Gasteiger partial charge on any atom is -0.480 e. The van der Waals surface area contributed by atoms with E-state index in [1.807, 2.05) is 0 Å². The van der Waals surface area contributed by atoms with E-state index in [0.717, 1.165) is 4.90 Å². The summed E-state index contributed by atoms with van der Waals surface area (Å²) in [5, 5.41) is 8.47. The van der Waals surface area contributed by atoms with E-state index in [2.05, 4.69) is 0 Å². The molecular formula is C8H14N2O4. The lowest BCUT2D eigenvalue weighted by molar-refractivity contribution is -0.145. The molecule has 0 aliphatic heterocycles. The Kier molecular flexibility index (Phi) is 5.28. The fourth-order valence-corrected chi connectivity index (χ4v) is 0.956. The molecule has 14 heavy (non-hydrogen) atoms. The first-order valence-corrected chi connectivity index (χ1v) is 4.25. The monoisotopic (exact) mass is 202 g/mol. The third kappa shape index (κ3) is 5.13. The van der Waals surface area contributed by atoms with Crippen LogP contribution in [-0.4, -0.2) is 40.9 Å². The van der Waals surface area contributed by atoms with Gasteiger partial charge in [0.25, 0.3) is 0 Å². The minimum absolute atomic E-state index is 0.223. The van der Waals surface area contributed by atoms with Gasteiger partial charge in [-0.15, -0.1) is 0 Å². The Hall–Kier alpha value is -1.59. The van der Waals surface area contributed by atoms with Crippen LogP contribution in [0.3, 0.4) is 0 Å². The van der Waals surface area contributed by atoms with E-state index in [4.69, 9.17) is 10.8 Å². The molecule has 80 valence electrons. The van der Waals surface area contributed by atoms with Crippen LogP contribution >= 0.6 is 0 Å². The smallest absolute Gasteiger partial charge is 0.323 e. The SMILES string of the molecule is CCCC(=O)N(CC(N)=O)CC(=O)O. The summed E-state index contributed by atoms with van der Waals surface area (Å²) in [5.41, 5.74) is 4.88. The number of hydrogen-bond donors (Lipinski definition) is 2. The van der Waals surface area contributed by atoms with Crippen LogP contribution in [0.4, 0.5) is 0 Å². The summed E-state index contributed by atoms with van der Waals surface area (Å²) in [5.74, 6) is -2.24. The highest BCUT2D eigenvalue weighted by atomic mass is 16.4. The van der Waals surface area contributed by atoms with E-state index in [1.54, 1.807) is 6.92 Å². The Bertz CT molecular complexity index is 223. The van der Waals surface area contributed by atoms with Gasteiger partial charge in [0, 0.05) is 6.42 Å². The number of carbonyl (C=O) groups excluding carboxylic acids is 2. The summed E-state index contributed by atoms with van der Waals surface area (Å²) >= 11 is 0. The number of primary amides is 1. The highest BCUT2D eigenvalue weighted by molar-refractivity contribution is 5.86. The molecular weight excluding hydrogens is 188 g/mol. The molecule has 0 saturated heterocycles. The predicted octanol–water partition coefficient (Wildman–Crippen LogP) is -0.815. The van der Waals surface area contributed by atoms with E-state index in [-0.39, 0.29) is 18.9 Å². The first-order chi connectivity index (χ1) is 6.47. The van der Waals surface area contributed by atoms with E-state index in [1.165, 1.54) is 0 Å². The van der Waals surface area contributed by atoms with Crippen molar-refractivity contribution in [1.29, 1.82) is 0 Å². The molecule has 0 rings (SSSR count). The maximum atomic E-state index is 11.3. The zero-order chi connectivity index (χ0) is 11.1. The van der Waals surface area contributed by atoms with Crippen molar-refractivity contribution in [3.63, 3.8) is 0 Å². The molecule has 0 heterocycles. The van der Waals surface area contributed by atoms with E-state index < -0.39 is 18.4 Å². The van der Waals surface area contributed by atoms with Crippen molar-refractivity contribution in [2.75, 3.05) is 13.1 Å². The number of hydrogen-bond acceptors (Lipinski definition) is 3. The first kappa shape index (κ1) is 12.4. The average Bonchev–Trinajstić information content (AvgIpc) is 2.01. The van der Waals surface area contributed by atoms with Crippen molar-refractivity contribution in [3.05, 3.63) is 0 Å². The summed E-state index contributed by atoms with van der Waals surface area (Å²) in [7, 11) is 0. The van der Waals surface area contributed by atoms with Gasteiger partial charge in [-0.25, -0.2) is 0 Å². The molecule has 0 unspecified atom stereocenters. The number of rotatable bonds is 6. The van der Waals surface area contributed by atoms with Gasteiger partial charge < -0.3 is 15.7 Å². The molecule has 0 aromatic heterocycles. The number of carboxylic acids is 1. The Morgan fingerprint density at radius 3 is 2.21 bits per heavy atom. The van der Waals surface area contributed by atoms with Gasteiger partial charge in [0.05, 0.1) is 6.54 Å². The van der Waals surface area contributed by atoms with Gasteiger partial charge in [0.2, 0.25) is 11.8 Å². The number of nitrogens with zero attached hydrogens (tertiary/aromatic N) is 1. The van der Waals surface area contributed by atoms with E-state index in [9.17, 15) is 14.4 Å². The largest absolute Gasteiger partial charge is 0.480 e. The van der Waals surface area contributed by atoms with Crippen molar-refractivity contribution in [2.45, 2.75) is 19.8 Å². The second-order valence-corrected chi connectivity index (χ2v) is 2.86. The Labute approximate surface area is 81.7 Å². The van der Waals surface area contributed by atoms with Gasteiger partial charge in [-0.05, 0) is 6.42 Å². The van der Waals surface area contributed by atoms with Crippen LogP contribution in [0.5, 0.6) is 0 Å². The Morgan fingerprint density at radius 2 is 1.86 bits per heavy atom. The molecule has 0 atom stereocenters. The van der Waals surface area contributed by atoms with Gasteiger partial charge in [-0.2, -0.15) is 0 Å². The van der Waals surface area contributed by atoms with Gasteiger partial charge in [0.1, 0.15) is 6.54 Å². The highest BCUT2D eigenvalue weighted by Crippen LogP contribution is 1.97. The quantitative estimate of drug-likeness (QED) is 0.587. The molecule has 0 radical (unpaired) electrons. The molecule has 0 aromatic carbocycles. The molecule has 0 aromatic rings. The number of carbonyl (C=O) groups is 3. The van der Waals surface area contributed by atoms with Crippen molar-refractivity contribution in [1.82, 2.24) is 4.90 Å². The van der Waals surface area contributed by atoms with Crippen molar-refractivity contribution < 1.29 is 19.5 Å². The summed E-state index contributed by atoms with van der Waals surface area (Å²) in [4.78, 5) is 33.1. The third-order valence-electron chi connectivity index (χ3n) is 1.49. The van der Waals surface area contributed by atoms with Gasteiger partial charge in [-0.1, -0.05) is 6.92 Å². The molecule has 6 nitrogen and oxygen atoms in total. The maximum Gasteiger partial charge on any atom is 0.323 e. The zero-order valence-corrected chi connectivity index (χ0v) is 8.02. The van der Waals surface area contributed by atoms with E-state index >= 15 is 0 Å². The van der Waals surface area contributed by atoms with Crippen LogP contribution < -0.4 is 5.73 Å². The lowest BCUT2D eigenvalue weighted by atomic mass is 10.3. The van der Waals surface area contributed by atoms with Crippen LogP contribution in [0.25, 0.3) is 0 Å².